The summed E-state index contributed by atoms with van der Waals surface area (Å²) in [5, 5.41) is 12.5. The fourth-order valence-corrected chi connectivity index (χ4v) is 3.02. The first kappa shape index (κ1) is 11.6. The SMILES string of the molecule is N#CB1Cc2cccc(C=C3CCNCC3)c2C1. The highest BCUT2D eigenvalue weighted by molar-refractivity contribution is 6.67. The lowest BCUT2D eigenvalue weighted by Gasteiger charge is -2.16. The molecule has 0 unspecified atom stereocenters. The maximum atomic E-state index is 9.08. The Morgan fingerprint density at radius 1 is 1.22 bits per heavy atom. The molecule has 0 spiro atoms. The van der Waals surface area contributed by atoms with Gasteiger partial charge < -0.3 is 5.32 Å². The number of hydrogen-bond acceptors (Lipinski definition) is 2. The maximum Gasteiger partial charge on any atom is 0.276 e. The van der Waals surface area contributed by atoms with Gasteiger partial charge in [-0.3, -0.25) is 0 Å². The number of nitriles is 1. The minimum atomic E-state index is 0.188. The zero-order valence-electron chi connectivity index (χ0n) is 10.6. The molecule has 0 radical (unpaired) electrons. The van der Waals surface area contributed by atoms with E-state index in [1.54, 1.807) is 5.57 Å². The van der Waals surface area contributed by atoms with E-state index in [1.807, 2.05) is 0 Å². The monoisotopic (exact) mass is 236 g/mol. The summed E-state index contributed by atoms with van der Waals surface area (Å²) in [6, 6.07) is 6.51. The summed E-state index contributed by atoms with van der Waals surface area (Å²) < 4.78 is 0. The van der Waals surface area contributed by atoms with Gasteiger partial charge in [0.1, 0.15) is 0 Å². The predicted molar refractivity (Wildman–Crippen MR) is 75.3 cm³/mol. The number of hydrogen-bond donors (Lipinski definition) is 1. The van der Waals surface area contributed by atoms with Crippen molar-refractivity contribution < 1.29 is 0 Å². The van der Waals surface area contributed by atoms with Crippen LogP contribution in [0.25, 0.3) is 6.08 Å². The fraction of sp³-hybridized carbons (Fsp3) is 0.400. The molecule has 3 rings (SSSR count). The van der Waals surface area contributed by atoms with Crippen molar-refractivity contribution in [1.82, 2.24) is 5.32 Å². The lowest BCUT2D eigenvalue weighted by atomic mass is 9.49. The van der Waals surface area contributed by atoms with E-state index in [2.05, 4.69) is 35.6 Å². The third kappa shape index (κ3) is 2.21. The Bertz CT molecular complexity index is 520. The van der Waals surface area contributed by atoms with Gasteiger partial charge in [0.25, 0.3) is 6.71 Å². The van der Waals surface area contributed by atoms with Crippen LogP contribution in [0.5, 0.6) is 0 Å². The molecule has 1 aromatic carbocycles. The normalized spacial score (nSPS) is 18.4. The average Bonchev–Trinajstić information content (AvgIpc) is 2.84. The van der Waals surface area contributed by atoms with E-state index >= 15 is 0 Å². The molecule has 90 valence electrons. The first-order valence-corrected chi connectivity index (χ1v) is 6.77. The van der Waals surface area contributed by atoms with E-state index in [0.717, 1.165) is 38.6 Å². The van der Waals surface area contributed by atoms with E-state index in [4.69, 9.17) is 5.26 Å². The van der Waals surface area contributed by atoms with Crippen molar-refractivity contribution in [1.29, 1.82) is 5.26 Å². The van der Waals surface area contributed by atoms with Gasteiger partial charge in [-0.15, -0.1) is 0 Å². The van der Waals surface area contributed by atoms with Crippen LogP contribution in [0.2, 0.25) is 0 Å². The Balaban J connectivity index is 1.90. The van der Waals surface area contributed by atoms with E-state index in [0.29, 0.717) is 0 Å². The standard InChI is InChI=1S/C15H17BN2/c17-11-16-9-14-3-1-2-13(15(14)10-16)8-12-4-6-18-7-5-12/h1-3,8,18H,4-7,9-10H2. The lowest BCUT2D eigenvalue weighted by molar-refractivity contribution is 0.613. The molecule has 0 atom stereocenters. The van der Waals surface area contributed by atoms with Crippen molar-refractivity contribution in [2.45, 2.75) is 25.5 Å². The number of nitrogens with one attached hydrogen (secondary N) is 1. The molecule has 2 nitrogen and oxygen atoms in total. The summed E-state index contributed by atoms with van der Waals surface area (Å²) in [5.41, 5.74) is 5.68. The zero-order valence-corrected chi connectivity index (χ0v) is 10.6. The van der Waals surface area contributed by atoms with Gasteiger partial charge >= 0.3 is 0 Å². The highest BCUT2D eigenvalue weighted by atomic mass is 14.9. The van der Waals surface area contributed by atoms with E-state index in [1.165, 1.54) is 16.7 Å². The number of benzene rings is 1. The second-order valence-electron chi connectivity index (χ2n) is 5.27. The Morgan fingerprint density at radius 2 is 2.06 bits per heavy atom. The summed E-state index contributed by atoms with van der Waals surface area (Å²) in [6.45, 7) is 2.39. The van der Waals surface area contributed by atoms with Crippen molar-refractivity contribution in [3.63, 3.8) is 0 Å². The Hall–Kier alpha value is -1.53. The van der Waals surface area contributed by atoms with Gasteiger partial charge in [-0.25, -0.2) is 5.26 Å². The molecule has 1 saturated heterocycles. The van der Waals surface area contributed by atoms with E-state index in [-0.39, 0.29) is 6.71 Å². The first-order valence-electron chi connectivity index (χ1n) is 6.77. The maximum absolute atomic E-state index is 9.08. The Labute approximate surface area is 109 Å². The number of piperidine rings is 1. The molecule has 0 aromatic heterocycles. The van der Waals surface area contributed by atoms with Gasteiger partial charge in [-0.2, -0.15) is 0 Å². The van der Waals surface area contributed by atoms with Gasteiger partial charge in [0.05, 0.1) is 0 Å². The number of fused-ring (bicyclic) bond motifs is 1. The van der Waals surface area contributed by atoms with Gasteiger partial charge in [-0.1, -0.05) is 35.4 Å². The molecule has 2 aliphatic heterocycles. The van der Waals surface area contributed by atoms with Gasteiger partial charge in [0.15, 0.2) is 0 Å². The molecule has 3 heteroatoms. The predicted octanol–water partition coefficient (Wildman–Crippen LogP) is 2.19. The van der Waals surface area contributed by atoms with Crippen LogP contribution in [0.1, 0.15) is 29.5 Å². The smallest absolute Gasteiger partial charge is 0.276 e. The topological polar surface area (TPSA) is 35.8 Å². The quantitative estimate of drug-likeness (QED) is 0.758. The van der Waals surface area contributed by atoms with Gasteiger partial charge in [0, 0.05) is 5.97 Å². The van der Waals surface area contributed by atoms with Crippen LogP contribution in [0.3, 0.4) is 0 Å². The van der Waals surface area contributed by atoms with Crippen molar-refractivity contribution in [2.75, 3.05) is 13.1 Å². The summed E-state index contributed by atoms with van der Waals surface area (Å²) in [6.07, 6.45) is 6.55. The third-order valence-corrected chi connectivity index (χ3v) is 4.01. The second kappa shape index (κ2) is 5.00. The summed E-state index contributed by atoms with van der Waals surface area (Å²) in [5.74, 6) is 2.41. The third-order valence-electron chi connectivity index (χ3n) is 4.01. The van der Waals surface area contributed by atoms with Crippen molar-refractivity contribution in [3.05, 3.63) is 40.5 Å². The van der Waals surface area contributed by atoms with Crippen LogP contribution >= 0.6 is 0 Å². The van der Waals surface area contributed by atoms with E-state index < -0.39 is 0 Å². The molecule has 0 bridgehead atoms. The minimum Gasteiger partial charge on any atom is -0.316 e. The van der Waals surface area contributed by atoms with Crippen molar-refractivity contribution >= 4 is 12.8 Å². The van der Waals surface area contributed by atoms with Crippen molar-refractivity contribution in [2.24, 2.45) is 0 Å². The molecule has 2 heterocycles. The Kier molecular flexibility index (Phi) is 3.21. The molecule has 1 N–H and O–H groups in total. The molecule has 0 amide bonds. The largest absolute Gasteiger partial charge is 0.316 e. The minimum absolute atomic E-state index is 0.188. The van der Waals surface area contributed by atoms with Crippen LogP contribution in [-0.4, -0.2) is 19.8 Å². The molecule has 2 aliphatic rings. The summed E-state index contributed by atoms with van der Waals surface area (Å²) in [7, 11) is 0. The van der Waals surface area contributed by atoms with Crippen LogP contribution in [-0.2, 0) is 12.6 Å². The van der Waals surface area contributed by atoms with Crippen LogP contribution in [0, 0.1) is 11.2 Å². The zero-order chi connectivity index (χ0) is 12.4. The average molecular weight is 236 g/mol. The molecule has 0 aliphatic carbocycles. The molecule has 1 fully saturated rings. The highest BCUT2D eigenvalue weighted by Crippen LogP contribution is 2.27. The molecular weight excluding hydrogens is 219 g/mol. The molecule has 0 saturated carbocycles. The lowest BCUT2D eigenvalue weighted by Crippen LogP contribution is -2.23. The number of rotatable bonds is 1. The van der Waals surface area contributed by atoms with Crippen molar-refractivity contribution in [3.8, 4) is 5.97 Å². The van der Waals surface area contributed by atoms with Crippen LogP contribution in [0.4, 0.5) is 0 Å². The second-order valence-corrected chi connectivity index (χ2v) is 5.27. The Morgan fingerprint density at radius 3 is 2.83 bits per heavy atom. The first-order chi connectivity index (χ1) is 8.86. The van der Waals surface area contributed by atoms with Crippen LogP contribution in [0.15, 0.2) is 23.8 Å². The number of nitrogens with zero attached hydrogens (tertiary/aromatic N) is 1. The summed E-state index contributed by atoms with van der Waals surface area (Å²) in [4.78, 5) is 0. The molecule has 18 heavy (non-hydrogen) atoms. The molecular formula is C15H17BN2. The van der Waals surface area contributed by atoms with Gasteiger partial charge in [0.2, 0.25) is 0 Å². The fourth-order valence-electron chi connectivity index (χ4n) is 3.02. The van der Waals surface area contributed by atoms with Crippen LogP contribution < -0.4 is 5.32 Å². The summed E-state index contributed by atoms with van der Waals surface area (Å²) >= 11 is 0. The van der Waals surface area contributed by atoms with Gasteiger partial charge in [-0.05, 0) is 49.7 Å². The molecule has 1 aromatic rings. The van der Waals surface area contributed by atoms with E-state index in [9.17, 15) is 0 Å². The highest BCUT2D eigenvalue weighted by Gasteiger charge is 2.26.